The van der Waals surface area contributed by atoms with E-state index in [0.717, 1.165) is 30.5 Å². The Labute approximate surface area is 125 Å². The van der Waals surface area contributed by atoms with E-state index in [2.05, 4.69) is 21.9 Å². The number of hydrogen-bond acceptors (Lipinski definition) is 4. The van der Waals surface area contributed by atoms with Crippen LogP contribution in [0.15, 0.2) is 18.3 Å². The molecule has 0 aliphatic heterocycles. The van der Waals surface area contributed by atoms with E-state index in [1.807, 2.05) is 30.8 Å². The number of pyridine rings is 1. The molecule has 110 valence electrons. The summed E-state index contributed by atoms with van der Waals surface area (Å²) in [5.74, 6) is 0.803. The maximum Gasteiger partial charge on any atom is 0.253 e. The molecule has 0 unspecified atom stereocenters. The van der Waals surface area contributed by atoms with Gasteiger partial charge in [-0.3, -0.25) is 4.79 Å². The molecule has 0 aromatic carbocycles. The molecule has 0 radical (unpaired) electrons. The number of nitrogens with zero attached hydrogens (tertiary/aromatic N) is 1. The number of carbonyl (C=O) groups excluding carboxylic acids is 1. The Hall–Kier alpha value is -1.23. The van der Waals surface area contributed by atoms with Gasteiger partial charge in [0.05, 0.1) is 5.56 Å². The number of thioether (sulfide) groups is 1. The molecule has 1 aromatic heterocycles. The molecule has 0 saturated heterocycles. The zero-order chi connectivity index (χ0) is 14.4. The van der Waals surface area contributed by atoms with E-state index >= 15 is 0 Å². The summed E-state index contributed by atoms with van der Waals surface area (Å²) in [6.45, 7) is 2.85. The molecule has 1 aliphatic carbocycles. The minimum absolute atomic E-state index is 0.00634. The molecule has 2 N–H and O–H groups in total. The second-order valence-electron chi connectivity index (χ2n) is 5.15. The van der Waals surface area contributed by atoms with Crippen molar-refractivity contribution in [3.05, 3.63) is 23.9 Å². The Morgan fingerprint density at radius 2 is 2.10 bits per heavy atom. The second-order valence-corrected chi connectivity index (χ2v) is 6.28. The Kier molecular flexibility index (Phi) is 5.71. The highest BCUT2D eigenvalue weighted by atomic mass is 32.2. The van der Waals surface area contributed by atoms with Gasteiger partial charge in [-0.05, 0) is 51.0 Å². The first-order valence-electron chi connectivity index (χ1n) is 7.26. The third-order valence-electron chi connectivity index (χ3n) is 3.73. The van der Waals surface area contributed by atoms with Gasteiger partial charge in [-0.2, -0.15) is 11.8 Å². The van der Waals surface area contributed by atoms with Crippen LogP contribution in [0.4, 0.5) is 5.82 Å². The third-order valence-corrected chi connectivity index (χ3v) is 4.86. The monoisotopic (exact) mass is 293 g/mol. The summed E-state index contributed by atoms with van der Waals surface area (Å²) in [6.07, 6.45) is 8.37. The summed E-state index contributed by atoms with van der Waals surface area (Å²) in [5, 5.41) is 7.01. The lowest BCUT2D eigenvalue weighted by Crippen LogP contribution is -2.38. The first-order chi connectivity index (χ1) is 9.72. The normalized spacial score (nSPS) is 22.3. The molecule has 20 heavy (non-hydrogen) atoms. The molecule has 1 amide bonds. The smallest absolute Gasteiger partial charge is 0.253 e. The van der Waals surface area contributed by atoms with Crippen molar-refractivity contribution >= 4 is 23.5 Å². The van der Waals surface area contributed by atoms with Crippen LogP contribution in [0.2, 0.25) is 0 Å². The van der Waals surface area contributed by atoms with Gasteiger partial charge in [-0.1, -0.05) is 0 Å². The molecule has 2 rings (SSSR count). The Morgan fingerprint density at radius 1 is 1.35 bits per heavy atom. The SMILES string of the molecule is CCNc1ccc(C(=O)NC2CCC(SC)CC2)cn1. The van der Waals surface area contributed by atoms with E-state index in [-0.39, 0.29) is 5.91 Å². The first kappa shape index (κ1) is 15.2. The van der Waals surface area contributed by atoms with Crippen molar-refractivity contribution < 1.29 is 4.79 Å². The Balaban J connectivity index is 1.85. The molecule has 1 saturated carbocycles. The predicted molar refractivity (Wildman–Crippen MR) is 85.4 cm³/mol. The number of amides is 1. The van der Waals surface area contributed by atoms with E-state index in [4.69, 9.17) is 0 Å². The van der Waals surface area contributed by atoms with E-state index in [0.29, 0.717) is 11.6 Å². The quantitative estimate of drug-likeness (QED) is 0.876. The van der Waals surface area contributed by atoms with Crippen molar-refractivity contribution in [1.82, 2.24) is 10.3 Å². The standard InChI is InChI=1S/C15H23N3OS/c1-3-16-14-9-4-11(10-17-14)15(19)18-12-5-7-13(20-2)8-6-12/h4,9-10,12-13H,3,5-8H2,1-2H3,(H,16,17)(H,18,19). The Morgan fingerprint density at radius 3 is 2.65 bits per heavy atom. The van der Waals surface area contributed by atoms with Gasteiger partial charge in [0.1, 0.15) is 5.82 Å². The van der Waals surface area contributed by atoms with Crippen molar-refractivity contribution in [2.45, 2.75) is 43.9 Å². The molecule has 1 aromatic rings. The van der Waals surface area contributed by atoms with Gasteiger partial charge >= 0.3 is 0 Å². The highest BCUT2D eigenvalue weighted by Crippen LogP contribution is 2.26. The van der Waals surface area contributed by atoms with Crippen LogP contribution >= 0.6 is 11.8 Å². The molecule has 1 aliphatic rings. The Bertz CT molecular complexity index is 427. The second kappa shape index (κ2) is 7.53. The molecular weight excluding hydrogens is 270 g/mol. The number of anilines is 1. The van der Waals surface area contributed by atoms with E-state index in [1.54, 1.807) is 6.20 Å². The molecule has 0 spiro atoms. The number of nitrogens with one attached hydrogen (secondary N) is 2. The predicted octanol–water partition coefficient (Wildman–Crippen LogP) is 2.92. The lowest BCUT2D eigenvalue weighted by Gasteiger charge is -2.28. The van der Waals surface area contributed by atoms with Crippen LogP contribution in [0, 0.1) is 0 Å². The lowest BCUT2D eigenvalue weighted by molar-refractivity contribution is 0.0928. The molecule has 0 atom stereocenters. The molecule has 1 heterocycles. The van der Waals surface area contributed by atoms with E-state index < -0.39 is 0 Å². The maximum atomic E-state index is 12.2. The summed E-state index contributed by atoms with van der Waals surface area (Å²) in [5.41, 5.74) is 0.638. The largest absolute Gasteiger partial charge is 0.370 e. The highest BCUT2D eigenvalue weighted by Gasteiger charge is 2.22. The minimum Gasteiger partial charge on any atom is -0.370 e. The van der Waals surface area contributed by atoms with Gasteiger partial charge in [0, 0.05) is 24.0 Å². The summed E-state index contributed by atoms with van der Waals surface area (Å²) in [7, 11) is 0. The molecule has 0 bridgehead atoms. The average Bonchev–Trinajstić information content (AvgIpc) is 2.49. The zero-order valence-electron chi connectivity index (χ0n) is 12.2. The van der Waals surface area contributed by atoms with Crippen LogP contribution < -0.4 is 10.6 Å². The van der Waals surface area contributed by atoms with Gasteiger partial charge in [0.15, 0.2) is 0 Å². The summed E-state index contributed by atoms with van der Waals surface area (Å²) >= 11 is 1.94. The fourth-order valence-electron chi connectivity index (χ4n) is 2.53. The van der Waals surface area contributed by atoms with Crippen LogP contribution in [0.3, 0.4) is 0 Å². The lowest BCUT2D eigenvalue weighted by atomic mass is 9.95. The molecule has 5 heteroatoms. The van der Waals surface area contributed by atoms with E-state index in [1.165, 1.54) is 12.8 Å². The summed E-state index contributed by atoms with van der Waals surface area (Å²) in [6, 6.07) is 4.00. The third kappa shape index (κ3) is 4.13. The van der Waals surface area contributed by atoms with Crippen molar-refractivity contribution in [2.24, 2.45) is 0 Å². The number of aromatic nitrogens is 1. The van der Waals surface area contributed by atoms with Crippen molar-refractivity contribution in [2.75, 3.05) is 18.1 Å². The molecular formula is C15H23N3OS. The average molecular weight is 293 g/mol. The van der Waals surface area contributed by atoms with Gasteiger partial charge < -0.3 is 10.6 Å². The van der Waals surface area contributed by atoms with Crippen LogP contribution in [0.25, 0.3) is 0 Å². The number of rotatable bonds is 5. The van der Waals surface area contributed by atoms with Gasteiger partial charge in [-0.15, -0.1) is 0 Å². The first-order valence-corrected chi connectivity index (χ1v) is 8.55. The fourth-order valence-corrected chi connectivity index (χ4v) is 3.27. The zero-order valence-corrected chi connectivity index (χ0v) is 13.0. The van der Waals surface area contributed by atoms with Gasteiger partial charge in [0.25, 0.3) is 5.91 Å². The minimum atomic E-state index is -0.00634. The highest BCUT2D eigenvalue weighted by molar-refractivity contribution is 7.99. The fraction of sp³-hybridized carbons (Fsp3) is 0.600. The van der Waals surface area contributed by atoms with Crippen LogP contribution in [-0.2, 0) is 0 Å². The maximum absolute atomic E-state index is 12.2. The summed E-state index contributed by atoms with van der Waals surface area (Å²) < 4.78 is 0. The van der Waals surface area contributed by atoms with Crippen LogP contribution in [0.1, 0.15) is 43.0 Å². The van der Waals surface area contributed by atoms with Gasteiger partial charge in [-0.25, -0.2) is 4.98 Å². The topological polar surface area (TPSA) is 54.0 Å². The number of hydrogen-bond donors (Lipinski definition) is 2. The van der Waals surface area contributed by atoms with E-state index in [9.17, 15) is 4.79 Å². The van der Waals surface area contributed by atoms with Gasteiger partial charge in [0.2, 0.25) is 0 Å². The summed E-state index contributed by atoms with van der Waals surface area (Å²) in [4.78, 5) is 16.4. The van der Waals surface area contributed by atoms with Crippen LogP contribution in [-0.4, -0.2) is 35.0 Å². The van der Waals surface area contributed by atoms with Crippen molar-refractivity contribution in [3.63, 3.8) is 0 Å². The van der Waals surface area contributed by atoms with Crippen molar-refractivity contribution in [1.29, 1.82) is 0 Å². The number of carbonyl (C=O) groups is 1. The molecule has 1 fully saturated rings. The van der Waals surface area contributed by atoms with Crippen LogP contribution in [0.5, 0.6) is 0 Å². The molecule has 4 nitrogen and oxygen atoms in total. The van der Waals surface area contributed by atoms with Crippen molar-refractivity contribution in [3.8, 4) is 0 Å².